The highest BCUT2D eigenvalue weighted by Crippen LogP contribution is 2.19. The molecule has 0 saturated heterocycles. The summed E-state index contributed by atoms with van der Waals surface area (Å²) in [5, 5.41) is 10.4. The van der Waals surface area contributed by atoms with Crippen LogP contribution in [0.1, 0.15) is 29.1 Å². The maximum atomic E-state index is 12.0. The molecule has 9 heteroatoms. The van der Waals surface area contributed by atoms with E-state index in [1.807, 2.05) is 12.1 Å². The smallest absolute Gasteiger partial charge is 0.252 e. The van der Waals surface area contributed by atoms with Gasteiger partial charge >= 0.3 is 0 Å². The highest BCUT2D eigenvalue weighted by Gasteiger charge is 2.11. The first-order chi connectivity index (χ1) is 14.5. The van der Waals surface area contributed by atoms with Crippen LogP contribution in [-0.4, -0.2) is 35.0 Å². The second-order valence-corrected chi connectivity index (χ2v) is 7.30. The number of carbonyl (C=O) groups is 2. The fourth-order valence-electron chi connectivity index (χ4n) is 2.68. The second-order valence-electron chi connectivity index (χ2n) is 6.46. The van der Waals surface area contributed by atoms with Crippen molar-refractivity contribution in [1.82, 2.24) is 20.8 Å². The maximum absolute atomic E-state index is 12.0. The normalized spacial score (nSPS) is 10.6. The monoisotopic (exact) mass is 446 g/mol. The molecular weight excluding hydrogens is 427 g/mol. The van der Waals surface area contributed by atoms with E-state index in [0.29, 0.717) is 59.7 Å². The number of rotatable bonds is 9. The second kappa shape index (κ2) is 10.8. The molecule has 156 valence electrons. The van der Waals surface area contributed by atoms with Crippen molar-refractivity contribution in [3.8, 4) is 11.4 Å². The molecule has 2 N–H and O–H groups in total. The number of halogens is 2. The molecule has 0 fully saturated rings. The van der Waals surface area contributed by atoms with E-state index in [1.54, 1.807) is 36.4 Å². The molecule has 1 aromatic heterocycles. The molecule has 0 radical (unpaired) electrons. The van der Waals surface area contributed by atoms with Crippen molar-refractivity contribution < 1.29 is 14.1 Å². The van der Waals surface area contributed by atoms with E-state index in [2.05, 4.69) is 20.8 Å². The molecule has 30 heavy (non-hydrogen) atoms. The molecule has 7 nitrogen and oxygen atoms in total. The topological polar surface area (TPSA) is 97.1 Å². The van der Waals surface area contributed by atoms with Gasteiger partial charge in [0, 0.05) is 36.5 Å². The van der Waals surface area contributed by atoms with Gasteiger partial charge in [-0.25, -0.2) is 0 Å². The Morgan fingerprint density at radius 1 is 0.967 bits per heavy atom. The number of hydrogen-bond acceptors (Lipinski definition) is 5. The summed E-state index contributed by atoms with van der Waals surface area (Å²) in [5.74, 6) is 0.572. The molecular formula is C21H20Cl2N4O3. The van der Waals surface area contributed by atoms with Crippen LogP contribution < -0.4 is 10.6 Å². The highest BCUT2D eigenvalue weighted by atomic mass is 35.5. The molecule has 0 aliphatic rings. The van der Waals surface area contributed by atoms with Crippen molar-refractivity contribution in [3.63, 3.8) is 0 Å². The molecule has 0 saturated carbocycles. The third-order valence-corrected chi connectivity index (χ3v) is 4.80. The molecule has 2 aromatic carbocycles. The van der Waals surface area contributed by atoms with E-state index in [4.69, 9.17) is 27.7 Å². The van der Waals surface area contributed by atoms with Crippen LogP contribution in [0.25, 0.3) is 11.4 Å². The summed E-state index contributed by atoms with van der Waals surface area (Å²) in [6.07, 6.45) is 1.38. The quantitative estimate of drug-likeness (QED) is 0.485. The molecule has 0 aliphatic heterocycles. The van der Waals surface area contributed by atoms with Gasteiger partial charge in [0.2, 0.25) is 17.6 Å². The van der Waals surface area contributed by atoms with Gasteiger partial charge in [-0.15, -0.1) is 0 Å². The zero-order chi connectivity index (χ0) is 21.3. The predicted octanol–water partition coefficient (Wildman–Crippen LogP) is 3.91. The molecule has 0 unspecified atom stereocenters. The average Bonchev–Trinajstić information content (AvgIpc) is 3.21. The van der Waals surface area contributed by atoms with E-state index >= 15 is 0 Å². The Labute approximate surface area is 183 Å². The third-order valence-electron chi connectivity index (χ3n) is 4.22. The van der Waals surface area contributed by atoms with Crippen LogP contribution in [0.15, 0.2) is 53.1 Å². The number of carbonyl (C=O) groups excluding carboxylic acids is 2. The van der Waals surface area contributed by atoms with Gasteiger partial charge in [-0.05, 0) is 42.8 Å². The summed E-state index contributed by atoms with van der Waals surface area (Å²) in [6, 6.07) is 13.9. The van der Waals surface area contributed by atoms with Crippen LogP contribution in [-0.2, 0) is 11.2 Å². The lowest BCUT2D eigenvalue weighted by Gasteiger charge is -2.08. The largest absolute Gasteiger partial charge is 0.354 e. The SMILES string of the molecule is O=C(CCCc1nc(-c2ccc(Cl)cc2)no1)NCCNC(=O)c1ccccc1Cl. The average molecular weight is 447 g/mol. The van der Waals surface area contributed by atoms with Gasteiger partial charge in [-0.3, -0.25) is 9.59 Å². The Morgan fingerprint density at radius 2 is 1.70 bits per heavy atom. The van der Waals surface area contributed by atoms with Gasteiger partial charge in [-0.2, -0.15) is 4.98 Å². The van der Waals surface area contributed by atoms with Crippen LogP contribution in [0.3, 0.4) is 0 Å². The fraction of sp³-hybridized carbons (Fsp3) is 0.238. The summed E-state index contributed by atoms with van der Waals surface area (Å²) < 4.78 is 5.22. The minimum Gasteiger partial charge on any atom is -0.354 e. The number of aryl methyl sites for hydroxylation is 1. The van der Waals surface area contributed by atoms with Crippen molar-refractivity contribution >= 4 is 35.0 Å². The van der Waals surface area contributed by atoms with Crippen molar-refractivity contribution in [2.24, 2.45) is 0 Å². The van der Waals surface area contributed by atoms with E-state index in [-0.39, 0.29) is 11.8 Å². The summed E-state index contributed by atoms with van der Waals surface area (Å²) in [6.45, 7) is 0.639. The number of nitrogens with one attached hydrogen (secondary N) is 2. The van der Waals surface area contributed by atoms with Crippen molar-refractivity contribution in [2.45, 2.75) is 19.3 Å². The van der Waals surface area contributed by atoms with Gasteiger partial charge in [0.25, 0.3) is 5.91 Å². The van der Waals surface area contributed by atoms with Crippen LogP contribution in [0.5, 0.6) is 0 Å². The Balaban J connectivity index is 1.33. The minimum atomic E-state index is -0.275. The lowest BCUT2D eigenvalue weighted by Crippen LogP contribution is -2.34. The van der Waals surface area contributed by atoms with Gasteiger partial charge in [0.05, 0.1) is 10.6 Å². The molecule has 3 rings (SSSR count). The van der Waals surface area contributed by atoms with Crippen molar-refractivity contribution in [1.29, 1.82) is 0 Å². The molecule has 2 amide bonds. The highest BCUT2D eigenvalue weighted by molar-refractivity contribution is 6.33. The van der Waals surface area contributed by atoms with E-state index < -0.39 is 0 Å². The van der Waals surface area contributed by atoms with E-state index in [9.17, 15) is 9.59 Å². The summed E-state index contributed by atoms with van der Waals surface area (Å²) in [5.41, 5.74) is 1.22. The van der Waals surface area contributed by atoms with Crippen LogP contribution in [0.2, 0.25) is 10.0 Å². The summed E-state index contributed by atoms with van der Waals surface area (Å²) in [4.78, 5) is 28.3. The first kappa shape index (κ1) is 21.8. The molecule has 0 aliphatic carbocycles. The van der Waals surface area contributed by atoms with Gasteiger partial charge in [0.15, 0.2) is 0 Å². The Kier molecular flexibility index (Phi) is 7.82. The van der Waals surface area contributed by atoms with E-state index in [1.165, 1.54) is 0 Å². The zero-order valence-corrected chi connectivity index (χ0v) is 17.5. The number of nitrogens with zero attached hydrogens (tertiary/aromatic N) is 2. The zero-order valence-electron chi connectivity index (χ0n) is 16.0. The number of aromatic nitrogens is 2. The van der Waals surface area contributed by atoms with Crippen LogP contribution in [0.4, 0.5) is 0 Å². The maximum Gasteiger partial charge on any atom is 0.252 e. The number of hydrogen-bond donors (Lipinski definition) is 2. The van der Waals surface area contributed by atoms with Crippen molar-refractivity contribution in [2.75, 3.05) is 13.1 Å². The Bertz CT molecular complexity index is 1010. The third kappa shape index (κ3) is 6.30. The van der Waals surface area contributed by atoms with Gasteiger partial charge in [0.1, 0.15) is 0 Å². The summed E-state index contributed by atoms with van der Waals surface area (Å²) >= 11 is 11.8. The van der Waals surface area contributed by atoms with E-state index in [0.717, 1.165) is 5.56 Å². The van der Waals surface area contributed by atoms with Crippen molar-refractivity contribution in [3.05, 3.63) is 70.0 Å². The molecule has 0 bridgehead atoms. The summed E-state index contributed by atoms with van der Waals surface area (Å²) in [7, 11) is 0. The molecule has 0 spiro atoms. The lowest BCUT2D eigenvalue weighted by atomic mass is 10.2. The first-order valence-corrected chi connectivity index (χ1v) is 10.2. The predicted molar refractivity (Wildman–Crippen MR) is 114 cm³/mol. The standard InChI is InChI=1S/C21H20Cl2N4O3/c22-15-10-8-14(9-11-15)20-26-19(30-27-20)7-3-6-18(28)24-12-13-25-21(29)16-4-1-2-5-17(16)23/h1-2,4-5,8-11H,3,6-7,12-13H2,(H,24,28)(H,25,29). The van der Waals surface area contributed by atoms with Crippen LogP contribution >= 0.6 is 23.2 Å². The van der Waals surface area contributed by atoms with Gasteiger partial charge < -0.3 is 15.2 Å². The Morgan fingerprint density at radius 3 is 2.47 bits per heavy atom. The lowest BCUT2D eigenvalue weighted by molar-refractivity contribution is -0.121. The van der Waals surface area contributed by atoms with Crippen LogP contribution in [0, 0.1) is 0 Å². The molecule has 3 aromatic rings. The first-order valence-electron chi connectivity index (χ1n) is 9.41. The fourth-order valence-corrected chi connectivity index (χ4v) is 3.03. The number of amides is 2. The Hall–Kier alpha value is -2.90. The van der Waals surface area contributed by atoms with Gasteiger partial charge in [-0.1, -0.05) is 40.5 Å². The minimum absolute atomic E-state index is 0.112. The number of benzene rings is 2. The molecule has 1 heterocycles. The molecule has 0 atom stereocenters.